The van der Waals surface area contributed by atoms with Crippen LogP contribution in [0.1, 0.15) is 6.42 Å². The van der Waals surface area contributed by atoms with E-state index in [1.165, 1.54) is 5.20 Å². The molecule has 0 aromatic heterocycles. The molecule has 0 bridgehead atoms. The molecule has 0 aromatic rings. The number of hydrogen-bond acceptors (Lipinski definition) is 0. The first-order chi connectivity index (χ1) is 7.29. The van der Waals surface area contributed by atoms with Crippen molar-refractivity contribution in [1.82, 2.24) is 0 Å². The number of hydrogen-bond donors (Lipinski definition) is 0. The maximum absolute atomic E-state index is 3.88. The largest absolute Gasteiger partial charge is 1.00 e. The van der Waals surface area contributed by atoms with Gasteiger partial charge in [0.15, 0.2) is 0 Å². The van der Waals surface area contributed by atoms with Crippen LogP contribution in [0.5, 0.6) is 0 Å². The van der Waals surface area contributed by atoms with Crippen LogP contribution in [0.2, 0.25) is 18.1 Å². The predicted octanol–water partition coefficient (Wildman–Crippen LogP) is 1.23. The first-order valence-corrected chi connectivity index (χ1v) is 8.02. The molecule has 0 amide bonds. The molecule has 0 N–H and O–H groups in total. The molecule has 1 rings (SSSR count). The zero-order valence-corrected chi connectivity index (χ0v) is 11.3. The molecule has 2 heteroatoms. The summed E-state index contributed by atoms with van der Waals surface area (Å²) in [5.41, 5.74) is 0. The van der Waals surface area contributed by atoms with Gasteiger partial charge in [0, 0.05) is 0 Å². The van der Waals surface area contributed by atoms with Crippen molar-refractivity contribution < 1.29 is 18.9 Å². The van der Waals surface area contributed by atoms with E-state index in [1.54, 1.807) is 0 Å². The normalized spacial score (nSPS) is 13.9. The molecule has 0 aliphatic heterocycles. The summed E-state index contributed by atoms with van der Waals surface area (Å²) in [5, 5.41) is 1.43. The zero-order chi connectivity index (χ0) is 11.1. The van der Waals surface area contributed by atoms with Crippen molar-refractivity contribution in [2.24, 2.45) is 0 Å². The quantitative estimate of drug-likeness (QED) is 0.345. The standard InChI is InChI=1S/C14H19Si.Li/c1-4-11-15(12-5-2,13-6-3)14-9-7-8-10-14;/h4-7,9H,1-3,8,11-13H2;/q-1;+1. The van der Waals surface area contributed by atoms with Gasteiger partial charge in [0.05, 0.1) is 8.07 Å². The molecule has 0 aromatic carbocycles. The van der Waals surface area contributed by atoms with E-state index >= 15 is 0 Å². The molecule has 16 heavy (non-hydrogen) atoms. The Morgan fingerprint density at radius 3 is 1.94 bits per heavy atom. The van der Waals surface area contributed by atoms with Crippen LogP contribution in [0.3, 0.4) is 0 Å². The van der Waals surface area contributed by atoms with Crippen molar-refractivity contribution in [3.63, 3.8) is 0 Å². The Labute approximate surface area is 113 Å². The predicted molar refractivity (Wildman–Crippen MR) is 71.3 cm³/mol. The third-order valence-corrected chi connectivity index (χ3v) is 7.57. The fourth-order valence-electron chi connectivity index (χ4n) is 2.18. The van der Waals surface area contributed by atoms with Crippen LogP contribution in [0.25, 0.3) is 0 Å². The Balaban J connectivity index is 0.00000225. The molecular weight excluding hydrogens is 203 g/mol. The first-order valence-electron chi connectivity index (χ1n) is 5.39. The van der Waals surface area contributed by atoms with Crippen molar-refractivity contribution in [3.8, 4) is 0 Å². The summed E-state index contributed by atoms with van der Waals surface area (Å²) in [7, 11) is -1.50. The van der Waals surface area contributed by atoms with E-state index < -0.39 is 8.07 Å². The molecular formula is C14H19LiSi. The second kappa shape index (κ2) is 7.73. The third-order valence-electron chi connectivity index (χ3n) is 2.87. The molecule has 0 saturated carbocycles. The summed E-state index contributed by atoms with van der Waals surface area (Å²) < 4.78 is 0. The van der Waals surface area contributed by atoms with Crippen molar-refractivity contribution in [1.29, 1.82) is 0 Å². The Morgan fingerprint density at radius 1 is 1.12 bits per heavy atom. The van der Waals surface area contributed by atoms with Crippen molar-refractivity contribution in [3.05, 3.63) is 61.4 Å². The molecule has 0 unspecified atom stereocenters. The molecule has 0 fully saturated rings. The van der Waals surface area contributed by atoms with Crippen LogP contribution >= 0.6 is 0 Å². The third kappa shape index (κ3) is 3.52. The molecule has 1 aliphatic carbocycles. The minimum absolute atomic E-state index is 0. The van der Waals surface area contributed by atoms with Gasteiger partial charge >= 0.3 is 18.9 Å². The average molecular weight is 222 g/mol. The van der Waals surface area contributed by atoms with E-state index in [0.29, 0.717) is 0 Å². The fourth-order valence-corrected chi connectivity index (χ4v) is 5.94. The van der Waals surface area contributed by atoms with Gasteiger partial charge in [-0.15, -0.1) is 26.2 Å². The second-order valence-electron chi connectivity index (χ2n) is 3.96. The van der Waals surface area contributed by atoms with E-state index in [2.05, 4.69) is 38.0 Å². The summed E-state index contributed by atoms with van der Waals surface area (Å²) in [6, 6.07) is 3.28. The molecule has 0 saturated heterocycles. The fraction of sp³-hybridized carbons (Fsp3) is 0.286. The molecule has 0 spiro atoms. The molecule has 1 aliphatic rings. The summed E-state index contributed by atoms with van der Waals surface area (Å²) in [5.74, 6) is 0. The van der Waals surface area contributed by atoms with Gasteiger partial charge < -0.3 is 0 Å². The topological polar surface area (TPSA) is 0 Å². The minimum Gasteiger partial charge on any atom is -0.274 e. The van der Waals surface area contributed by atoms with Crippen molar-refractivity contribution >= 4 is 8.07 Å². The van der Waals surface area contributed by atoms with E-state index in [9.17, 15) is 0 Å². The van der Waals surface area contributed by atoms with Crippen molar-refractivity contribution in [2.75, 3.05) is 0 Å². The van der Waals surface area contributed by atoms with Gasteiger partial charge in [-0.1, -0.05) is 18.2 Å². The van der Waals surface area contributed by atoms with Crippen LogP contribution in [0, 0.1) is 6.08 Å². The van der Waals surface area contributed by atoms with Crippen LogP contribution in [-0.4, -0.2) is 8.07 Å². The van der Waals surface area contributed by atoms with Crippen LogP contribution < -0.4 is 18.9 Å². The Bertz CT molecular complexity index is 286. The Morgan fingerprint density at radius 2 is 1.62 bits per heavy atom. The maximum atomic E-state index is 3.88. The van der Waals surface area contributed by atoms with E-state index in [4.69, 9.17) is 0 Å². The number of rotatable bonds is 7. The molecule has 0 atom stereocenters. The smallest absolute Gasteiger partial charge is 0.274 e. The molecule has 0 radical (unpaired) electrons. The maximum Gasteiger partial charge on any atom is 1.00 e. The van der Waals surface area contributed by atoms with Gasteiger partial charge in [0.2, 0.25) is 0 Å². The number of allylic oxidation sites excluding steroid dienone is 7. The van der Waals surface area contributed by atoms with Crippen LogP contribution in [0.4, 0.5) is 0 Å². The Kier molecular flexibility index (Phi) is 7.50. The summed E-state index contributed by atoms with van der Waals surface area (Å²) in [6.45, 7) is 11.6. The van der Waals surface area contributed by atoms with Gasteiger partial charge in [-0.25, -0.2) is 11.3 Å². The van der Waals surface area contributed by atoms with Gasteiger partial charge in [-0.2, -0.15) is 6.08 Å². The molecule has 80 valence electrons. The summed E-state index contributed by atoms with van der Waals surface area (Å²) >= 11 is 0. The first kappa shape index (κ1) is 15.5. The Hall–Kier alpha value is -0.486. The monoisotopic (exact) mass is 222 g/mol. The van der Waals surface area contributed by atoms with E-state index in [0.717, 1.165) is 24.6 Å². The second-order valence-corrected chi connectivity index (χ2v) is 8.28. The SMILES string of the molecule is C=CC[Si](CC=C)(CC=C)C1=[C-]CC=C1.[Li+]. The van der Waals surface area contributed by atoms with Gasteiger partial charge in [-0.05, 0) is 18.1 Å². The van der Waals surface area contributed by atoms with Gasteiger partial charge in [0.25, 0.3) is 0 Å². The van der Waals surface area contributed by atoms with Crippen LogP contribution in [0.15, 0.2) is 55.3 Å². The van der Waals surface area contributed by atoms with Crippen molar-refractivity contribution in [2.45, 2.75) is 24.6 Å². The van der Waals surface area contributed by atoms with E-state index in [-0.39, 0.29) is 18.9 Å². The summed E-state index contributed by atoms with van der Waals surface area (Å²) in [4.78, 5) is 0. The van der Waals surface area contributed by atoms with Gasteiger partial charge in [-0.3, -0.25) is 6.08 Å². The summed E-state index contributed by atoms with van der Waals surface area (Å²) in [6.07, 6.45) is 15.0. The molecule has 0 nitrogen and oxygen atoms in total. The van der Waals surface area contributed by atoms with Gasteiger partial charge in [0.1, 0.15) is 0 Å². The minimum atomic E-state index is -1.50. The average Bonchev–Trinajstić information content (AvgIpc) is 2.72. The van der Waals surface area contributed by atoms with Crippen LogP contribution in [-0.2, 0) is 0 Å². The molecule has 0 heterocycles. The van der Waals surface area contributed by atoms with E-state index in [1.807, 2.05) is 18.2 Å². The zero-order valence-electron chi connectivity index (χ0n) is 10.3.